The van der Waals surface area contributed by atoms with Gasteiger partial charge in [0.15, 0.2) is 26.6 Å². The molecule has 4 amide bonds. The number of benzene rings is 3. The lowest BCUT2D eigenvalue weighted by molar-refractivity contribution is 0.0972. The van der Waals surface area contributed by atoms with Crippen molar-refractivity contribution in [2.45, 2.75) is 190 Å². The molecule has 0 bridgehead atoms. The van der Waals surface area contributed by atoms with Crippen LogP contribution < -0.4 is 75.5 Å². The number of anilines is 7. The van der Waals surface area contributed by atoms with Crippen LogP contribution in [0.3, 0.4) is 0 Å². The Kier molecular flexibility index (Phi) is 33.5. The SMILES string of the molecule is CC(C)(C)c1ccc(C(=O)NS(=O)(=O)c2cccc(N)n2)c(N2CCC(Cc3ccccc3)C2(C)C)n1.CC(C)COc1cc(F)cc(-c2ccc(C(=O)NS(=O)(=O)c3cccc(N)n3)c(N3CC(C)CCC3C)n2)c1.COc1ccc(-c2ccc(C(=O)NS(=O)(=O)c3ccc[nH]c3=O)c(N3C[C@@H](C)CC3(C)C)n2)c(OC)n1.C[C@@H]1CN(c2nc(-c3ccc(F)c(F)c3)ccc2C(=O)NS(=O)(=O)c2cccnc2N)C(C)(C)C1. The van der Waals surface area contributed by atoms with E-state index in [1.807, 2.05) is 90.8 Å². The largest absolute Gasteiger partial charge is 0.493 e. The predicted octanol–water partition coefficient (Wildman–Crippen LogP) is 15.3. The topological polar surface area (TPSA) is 508 Å². The Morgan fingerprint density at radius 2 is 1.02 bits per heavy atom. The van der Waals surface area contributed by atoms with Crippen molar-refractivity contribution in [3.8, 4) is 51.3 Å². The van der Waals surface area contributed by atoms with Gasteiger partial charge in [-0.05, 0) is 256 Å². The van der Waals surface area contributed by atoms with Crippen molar-refractivity contribution in [1.29, 1.82) is 0 Å². The van der Waals surface area contributed by atoms with Crippen molar-refractivity contribution in [2.75, 3.05) is 83.8 Å². The van der Waals surface area contributed by atoms with E-state index in [4.69, 9.17) is 46.4 Å². The Morgan fingerprint density at radius 1 is 0.500 bits per heavy atom. The summed E-state index contributed by atoms with van der Waals surface area (Å²) in [7, 11) is -14.3. The number of methoxy groups -OCH3 is 2. The Morgan fingerprint density at radius 3 is 1.54 bits per heavy atom. The van der Waals surface area contributed by atoms with Crippen LogP contribution in [0.2, 0.25) is 0 Å². The first kappa shape index (κ1) is 110. The number of nitrogen functional groups attached to an aromatic ring is 3. The molecule has 11 N–H and O–H groups in total. The van der Waals surface area contributed by atoms with Gasteiger partial charge in [-0.1, -0.05) is 97.9 Å². The molecule has 4 saturated heterocycles. The van der Waals surface area contributed by atoms with E-state index in [0.29, 0.717) is 113 Å². The first-order valence-corrected chi connectivity index (χ1v) is 53.8. The number of rotatable bonds is 26. The average molecular weight is 2110 g/mol. The maximum Gasteiger partial charge on any atom is 0.281 e. The molecule has 0 radical (unpaired) electrons. The van der Waals surface area contributed by atoms with Crippen LogP contribution in [-0.4, -0.2) is 172 Å². The van der Waals surface area contributed by atoms with Gasteiger partial charge < -0.3 is 56.0 Å². The molecule has 4 fully saturated rings. The number of ether oxygens (including phenoxy) is 3. The van der Waals surface area contributed by atoms with Gasteiger partial charge in [-0.25, -0.2) is 83.8 Å². The fourth-order valence-electron chi connectivity index (χ4n) is 18.4. The number of sulfonamides is 4. The molecule has 148 heavy (non-hydrogen) atoms. The van der Waals surface area contributed by atoms with Gasteiger partial charge in [-0.2, -0.15) is 21.8 Å². The van der Waals surface area contributed by atoms with E-state index in [9.17, 15) is 70.8 Å². The fraction of sp³-hybridized carbons (Fsp3) is 0.362. The summed E-state index contributed by atoms with van der Waals surface area (Å²) in [6.07, 6.45) is 8.05. The van der Waals surface area contributed by atoms with Crippen LogP contribution in [0.4, 0.5) is 53.9 Å². The quantitative estimate of drug-likeness (QED) is 0.0250. The molecule has 12 aromatic rings. The number of hydrogen-bond donors (Lipinski definition) is 8. The summed E-state index contributed by atoms with van der Waals surface area (Å²) in [5.74, 6) is -2.11. The number of piperidine rings is 1. The number of halogens is 3. The van der Waals surface area contributed by atoms with Crippen molar-refractivity contribution in [3.63, 3.8) is 0 Å². The molecule has 0 saturated carbocycles. The van der Waals surface area contributed by atoms with Crippen molar-refractivity contribution in [3.05, 3.63) is 262 Å². The second-order valence-corrected chi connectivity index (χ2v) is 46.9. The maximum absolute atomic E-state index is 14.5. The van der Waals surface area contributed by atoms with Gasteiger partial charge in [0.1, 0.15) is 57.2 Å². The Hall–Kier alpha value is -14.7. The molecule has 3 aromatic carbocycles. The van der Waals surface area contributed by atoms with Crippen LogP contribution in [0, 0.1) is 47.0 Å². The standard InChI is InChI=1S/C28H34FN5O4S.C28H35N5O3S.C25H29N5O6S.C24H25F2N5O3S/c1-17(2)16-38-22-13-20(12-21(29)14-22)24-11-10-23(27(31-24)34-15-18(3)8-9-19(34)4)28(35)33-39(36,37)26-7-5-6-25(30)32-26;1-27(2,3)22-15-14-21(26(34)32-37(35,36)24-13-9-12-23(29)31-24)25(30-22)33-17-16-20(28(33,4)5)18-19-10-7-6-8-11-19;1-15-13-25(2,3)30(14-15)21-17(22(31)29-37(33,34)19-7-6-12-26-23(19)32)8-10-18(27-21)16-9-11-20(35-4)28-24(16)36-5;1-14-12-24(2,3)31(13-14)22-16(7-9-19(29-22)15-6-8-17(25)18(26)11-15)23(32)30-35(33,34)20-5-4-10-28-21(20)27/h5-7,10-14,17-19H,8-9,15-16H2,1-4H3,(H2,30,32)(H,33,35);6-15,20H,16-18H2,1-5H3,(H2,29,31)(H,32,34);6-12,15H,13-14H2,1-5H3,(H,26,32)(H,29,31);4-11,14H,12-13H2,1-3H3,(H2,27,28)(H,30,32)/t;;15-;14-/m..00/s1. The molecule has 13 heterocycles. The van der Waals surface area contributed by atoms with Crippen LogP contribution in [0.15, 0.2) is 225 Å². The minimum Gasteiger partial charge on any atom is -0.493 e. The zero-order valence-corrected chi connectivity index (χ0v) is 88.5. The van der Waals surface area contributed by atoms with Crippen molar-refractivity contribution < 1.29 is 80.2 Å². The Bertz CT molecular complexity index is 7540. The zero-order valence-electron chi connectivity index (χ0n) is 85.2. The number of aromatic amines is 1. The van der Waals surface area contributed by atoms with Crippen LogP contribution in [-0.2, 0) is 51.9 Å². The number of pyridine rings is 9. The highest BCUT2D eigenvalue weighted by molar-refractivity contribution is 7.91. The molecule has 36 nitrogen and oxygen atoms in total. The van der Waals surface area contributed by atoms with Gasteiger partial charge in [0.05, 0.1) is 65.7 Å². The minimum atomic E-state index is -4.43. The van der Waals surface area contributed by atoms with Crippen molar-refractivity contribution in [2.24, 2.45) is 29.6 Å². The van der Waals surface area contributed by atoms with E-state index in [1.54, 1.807) is 42.5 Å². The first-order valence-electron chi connectivity index (χ1n) is 47.9. The third-order valence-electron chi connectivity index (χ3n) is 25.9. The summed E-state index contributed by atoms with van der Waals surface area (Å²) >= 11 is 0. The number of hydrogen-bond acceptors (Lipinski definition) is 31. The number of amides is 4. The third-order valence-corrected chi connectivity index (χ3v) is 31.1. The van der Waals surface area contributed by atoms with Gasteiger partial charge in [0, 0.05) is 95.6 Å². The molecule has 5 atom stereocenters. The smallest absolute Gasteiger partial charge is 0.281 e. The highest BCUT2D eigenvalue weighted by atomic mass is 32.2. The number of nitrogens with two attached hydrogens (primary N) is 3. The molecule has 16 rings (SSSR count). The number of carbonyl (C=O) groups is 4. The molecule has 784 valence electrons. The predicted molar refractivity (Wildman–Crippen MR) is 560 cm³/mol. The number of aromatic nitrogens is 9. The Labute approximate surface area is 859 Å². The zero-order chi connectivity index (χ0) is 108. The summed E-state index contributed by atoms with van der Waals surface area (Å²) in [5, 5.41) is -0.679. The van der Waals surface area contributed by atoms with Gasteiger partial charge in [-0.3, -0.25) is 24.0 Å². The van der Waals surface area contributed by atoms with Crippen LogP contribution in [0.5, 0.6) is 17.5 Å². The van der Waals surface area contributed by atoms with E-state index in [2.05, 4.69) is 112 Å². The number of nitrogens with one attached hydrogen (secondary N) is 5. The van der Waals surface area contributed by atoms with Crippen molar-refractivity contribution in [1.82, 2.24) is 63.7 Å². The number of nitrogens with zero attached hydrogens (tertiary/aromatic N) is 12. The first-order chi connectivity index (χ1) is 69.6. The Balaban J connectivity index is 0.000000165. The monoisotopic (exact) mass is 2100 g/mol. The van der Waals surface area contributed by atoms with E-state index in [1.165, 1.54) is 129 Å². The lowest BCUT2D eigenvalue weighted by Gasteiger charge is -2.38. The van der Waals surface area contributed by atoms with Crippen molar-refractivity contribution >= 4 is 104 Å². The molecular weight excluding hydrogens is 1980 g/mol. The second kappa shape index (κ2) is 44.9. The highest BCUT2D eigenvalue weighted by Gasteiger charge is 2.46. The molecule has 9 aromatic heterocycles. The minimum absolute atomic E-state index is 0.0139. The maximum atomic E-state index is 14.5. The van der Waals surface area contributed by atoms with Gasteiger partial charge >= 0.3 is 0 Å². The van der Waals surface area contributed by atoms with E-state index < -0.39 is 91.6 Å². The van der Waals surface area contributed by atoms with Crippen LogP contribution >= 0.6 is 0 Å². The molecule has 4 aliphatic rings. The fourth-order valence-corrected chi connectivity index (χ4v) is 22.4. The number of H-pyrrole nitrogens is 1. The van der Waals surface area contributed by atoms with Crippen LogP contribution in [0.25, 0.3) is 33.8 Å². The summed E-state index contributed by atoms with van der Waals surface area (Å²) < 4.78 is 170. The van der Waals surface area contributed by atoms with Crippen LogP contribution in [0.1, 0.15) is 189 Å². The number of carbonyl (C=O) groups excluding carboxylic acids is 4. The molecule has 4 aliphatic heterocycles. The summed E-state index contributed by atoms with van der Waals surface area (Å²) in [6.45, 7) is 33.9. The lowest BCUT2D eigenvalue weighted by atomic mass is 9.83. The summed E-state index contributed by atoms with van der Waals surface area (Å²) in [5.41, 5.74) is 19.9. The normalized spacial score (nSPS) is 17.4. The molecule has 0 aliphatic carbocycles. The van der Waals surface area contributed by atoms with E-state index in [-0.39, 0.29) is 106 Å². The summed E-state index contributed by atoms with van der Waals surface area (Å²) in [4.78, 5) is 110. The van der Waals surface area contributed by atoms with Gasteiger partial charge in [0.2, 0.25) is 11.8 Å². The van der Waals surface area contributed by atoms with Gasteiger partial charge in [0.25, 0.3) is 69.3 Å². The average Bonchev–Trinajstić information content (AvgIpc) is 1.57. The summed E-state index contributed by atoms with van der Waals surface area (Å²) in [6, 6.07) is 47.7. The lowest BCUT2D eigenvalue weighted by Crippen LogP contribution is -2.45. The third kappa shape index (κ3) is 26.1. The molecule has 0 spiro atoms. The molecule has 43 heteroatoms. The highest BCUT2D eigenvalue weighted by Crippen LogP contribution is 2.45. The van der Waals surface area contributed by atoms with Gasteiger partial charge in [-0.15, -0.1) is 0 Å². The second-order valence-electron chi connectivity index (χ2n) is 40.4. The van der Waals surface area contributed by atoms with E-state index in [0.717, 1.165) is 62.4 Å². The molecular formula is C105H123F3N20O16S4. The van der Waals surface area contributed by atoms with E-state index >= 15 is 0 Å². The molecule has 3 unspecified atom stereocenters.